The van der Waals surface area contributed by atoms with Gasteiger partial charge in [-0.15, -0.1) is 0 Å². The van der Waals surface area contributed by atoms with Gasteiger partial charge in [0.1, 0.15) is 0 Å². The van der Waals surface area contributed by atoms with E-state index in [1.54, 1.807) is 0 Å². The molecule has 0 fully saturated rings. The number of hydrogen-bond acceptors (Lipinski definition) is 2. The van der Waals surface area contributed by atoms with Gasteiger partial charge in [-0.3, -0.25) is 0 Å². The Kier molecular flexibility index (Phi) is 2.51. The smallest absolute Gasteiger partial charge is 0.0756 e. The minimum Gasteiger partial charge on any atom is -0.389 e. The van der Waals surface area contributed by atoms with Crippen molar-refractivity contribution in [3.05, 3.63) is 23.8 Å². The molecule has 0 saturated carbocycles. The third-order valence-corrected chi connectivity index (χ3v) is 2.94. The van der Waals surface area contributed by atoms with Crippen molar-refractivity contribution in [3.63, 3.8) is 0 Å². The van der Waals surface area contributed by atoms with Crippen molar-refractivity contribution in [1.82, 2.24) is 0 Å². The molecule has 0 saturated heterocycles. The first-order valence-corrected chi connectivity index (χ1v) is 5.02. The molecule has 0 amide bonds. The lowest BCUT2D eigenvalue weighted by atomic mass is 9.86. The minimum atomic E-state index is -0.306. The highest BCUT2D eigenvalue weighted by Crippen LogP contribution is 2.31. The molecule has 2 nitrogen and oxygen atoms in total. The summed E-state index contributed by atoms with van der Waals surface area (Å²) in [6, 6.07) is 0. The van der Waals surface area contributed by atoms with Crippen LogP contribution in [0.2, 0.25) is 0 Å². The number of allylic oxidation sites excluding steroid dienone is 2. The summed E-state index contributed by atoms with van der Waals surface area (Å²) in [5.74, 6) is 0.283. The van der Waals surface area contributed by atoms with Gasteiger partial charge in [-0.2, -0.15) is 0 Å². The van der Waals surface area contributed by atoms with Gasteiger partial charge < -0.3 is 10.2 Å². The van der Waals surface area contributed by atoms with E-state index in [0.29, 0.717) is 0 Å². The molecular formula is C11H16O2. The second-order valence-corrected chi connectivity index (χ2v) is 3.95. The van der Waals surface area contributed by atoms with Crippen molar-refractivity contribution in [1.29, 1.82) is 0 Å². The fraction of sp³-hybridized carbons (Fsp3) is 0.636. The highest BCUT2D eigenvalue weighted by atomic mass is 16.3. The van der Waals surface area contributed by atoms with Crippen molar-refractivity contribution in [3.8, 4) is 0 Å². The molecular weight excluding hydrogens is 164 g/mol. The quantitative estimate of drug-likeness (QED) is 0.599. The summed E-state index contributed by atoms with van der Waals surface area (Å²) >= 11 is 0. The zero-order valence-corrected chi connectivity index (χ0v) is 7.69. The monoisotopic (exact) mass is 180 g/mol. The van der Waals surface area contributed by atoms with Gasteiger partial charge >= 0.3 is 0 Å². The van der Waals surface area contributed by atoms with E-state index in [4.69, 9.17) is 0 Å². The van der Waals surface area contributed by atoms with Crippen LogP contribution in [0.25, 0.3) is 0 Å². The SMILES string of the molecule is OC1C=CC(C2=CCCCC2O)C1. The van der Waals surface area contributed by atoms with Crippen molar-refractivity contribution in [2.24, 2.45) is 5.92 Å². The number of aliphatic hydroxyl groups excluding tert-OH is 2. The molecule has 0 radical (unpaired) electrons. The van der Waals surface area contributed by atoms with Gasteiger partial charge in [0.2, 0.25) is 0 Å². The molecule has 2 N–H and O–H groups in total. The fourth-order valence-electron chi connectivity index (χ4n) is 2.21. The predicted molar refractivity (Wildman–Crippen MR) is 51.2 cm³/mol. The van der Waals surface area contributed by atoms with Gasteiger partial charge in [0.15, 0.2) is 0 Å². The number of rotatable bonds is 1. The average molecular weight is 180 g/mol. The number of aliphatic hydroxyl groups is 2. The van der Waals surface area contributed by atoms with Crippen LogP contribution in [-0.2, 0) is 0 Å². The maximum Gasteiger partial charge on any atom is 0.0756 e. The molecule has 3 unspecified atom stereocenters. The molecule has 13 heavy (non-hydrogen) atoms. The van der Waals surface area contributed by atoms with E-state index in [1.807, 2.05) is 12.2 Å². The van der Waals surface area contributed by atoms with Gasteiger partial charge in [0.05, 0.1) is 12.2 Å². The van der Waals surface area contributed by atoms with Crippen LogP contribution in [0, 0.1) is 5.92 Å². The molecule has 0 heterocycles. The molecule has 2 rings (SSSR count). The summed E-state index contributed by atoms with van der Waals surface area (Å²) in [4.78, 5) is 0. The zero-order chi connectivity index (χ0) is 9.26. The van der Waals surface area contributed by atoms with Crippen LogP contribution < -0.4 is 0 Å². The Morgan fingerprint density at radius 1 is 1.23 bits per heavy atom. The lowest BCUT2D eigenvalue weighted by Gasteiger charge is -2.23. The first-order chi connectivity index (χ1) is 6.27. The molecule has 2 aliphatic rings. The molecule has 0 bridgehead atoms. The lowest BCUT2D eigenvalue weighted by Crippen LogP contribution is -2.19. The van der Waals surface area contributed by atoms with Crippen LogP contribution in [0.4, 0.5) is 0 Å². The van der Waals surface area contributed by atoms with Crippen LogP contribution in [0.15, 0.2) is 23.8 Å². The Bertz CT molecular complexity index is 242. The van der Waals surface area contributed by atoms with Gasteiger partial charge in [-0.1, -0.05) is 18.2 Å². The van der Waals surface area contributed by atoms with E-state index in [2.05, 4.69) is 6.08 Å². The molecule has 0 aromatic carbocycles. The molecule has 0 aromatic heterocycles. The van der Waals surface area contributed by atoms with Gasteiger partial charge in [-0.25, -0.2) is 0 Å². The van der Waals surface area contributed by atoms with E-state index in [-0.39, 0.29) is 18.1 Å². The average Bonchev–Trinajstić information content (AvgIpc) is 2.53. The third-order valence-electron chi connectivity index (χ3n) is 2.94. The summed E-state index contributed by atoms with van der Waals surface area (Å²) in [5.41, 5.74) is 1.12. The molecule has 2 heteroatoms. The van der Waals surface area contributed by atoms with Crippen molar-refractivity contribution in [2.45, 2.75) is 37.9 Å². The fourth-order valence-corrected chi connectivity index (χ4v) is 2.21. The third kappa shape index (κ3) is 1.84. The predicted octanol–water partition coefficient (Wildman–Crippen LogP) is 1.39. The zero-order valence-electron chi connectivity index (χ0n) is 7.69. The molecule has 0 spiro atoms. The van der Waals surface area contributed by atoms with E-state index in [1.165, 1.54) is 0 Å². The standard InChI is InChI=1S/C11H16O2/c12-9-6-5-8(7-9)10-3-1-2-4-11(10)13/h3,5-6,8-9,11-13H,1-2,4,7H2. The summed E-state index contributed by atoms with van der Waals surface area (Å²) in [6.45, 7) is 0. The van der Waals surface area contributed by atoms with Crippen LogP contribution in [-0.4, -0.2) is 22.4 Å². The molecule has 2 aliphatic carbocycles. The second-order valence-electron chi connectivity index (χ2n) is 3.95. The van der Waals surface area contributed by atoms with Crippen LogP contribution in [0.5, 0.6) is 0 Å². The topological polar surface area (TPSA) is 40.5 Å². The first-order valence-electron chi connectivity index (χ1n) is 5.02. The summed E-state index contributed by atoms with van der Waals surface area (Å²) in [5, 5.41) is 19.1. The van der Waals surface area contributed by atoms with Crippen LogP contribution in [0.3, 0.4) is 0 Å². The van der Waals surface area contributed by atoms with Gasteiger partial charge in [0, 0.05) is 5.92 Å². The van der Waals surface area contributed by atoms with E-state index in [0.717, 1.165) is 31.3 Å². The minimum absolute atomic E-state index is 0.270. The van der Waals surface area contributed by atoms with Gasteiger partial charge in [0.25, 0.3) is 0 Å². The second kappa shape index (κ2) is 3.64. The Balaban J connectivity index is 2.07. The summed E-state index contributed by atoms with van der Waals surface area (Å²) < 4.78 is 0. The van der Waals surface area contributed by atoms with Crippen molar-refractivity contribution < 1.29 is 10.2 Å². The molecule has 72 valence electrons. The summed E-state index contributed by atoms with van der Waals surface area (Å²) in [7, 11) is 0. The normalized spacial score (nSPS) is 39.2. The maximum absolute atomic E-state index is 9.73. The van der Waals surface area contributed by atoms with Crippen LogP contribution >= 0.6 is 0 Å². The molecule has 0 aromatic rings. The first kappa shape index (κ1) is 8.97. The largest absolute Gasteiger partial charge is 0.389 e. The Morgan fingerprint density at radius 3 is 2.69 bits per heavy atom. The molecule has 3 atom stereocenters. The van der Waals surface area contributed by atoms with Crippen molar-refractivity contribution in [2.75, 3.05) is 0 Å². The lowest BCUT2D eigenvalue weighted by molar-refractivity contribution is 0.170. The Hall–Kier alpha value is -0.600. The van der Waals surface area contributed by atoms with E-state index < -0.39 is 0 Å². The maximum atomic E-state index is 9.73. The Labute approximate surface area is 78.6 Å². The van der Waals surface area contributed by atoms with Crippen LogP contribution in [0.1, 0.15) is 25.7 Å². The summed E-state index contributed by atoms with van der Waals surface area (Å²) in [6.07, 6.45) is 9.21. The highest BCUT2D eigenvalue weighted by molar-refractivity contribution is 5.23. The van der Waals surface area contributed by atoms with Gasteiger partial charge in [-0.05, 0) is 31.3 Å². The molecule has 0 aliphatic heterocycles. The Morgan fingerprint density at radius 2 is 2.08 bits per heavy atom. The van der Waals surface area contributed by atoms with E-state index in [9.17, 15) is 10.2 Å². The van der Waals surface area contributed by atoms with E-state index >= 15 is 0 Å². The number of hydrogen-bond donors (Lipinski definition) is 2. The highest BCUT2D eigenvalue weighted by Gasteiger charge is 2.25. The van der Waals surface area contributed by atoms with Crippen molar-refractivity contribution >= 4 is 0 Å².